The van der Waals surface area contributed by atoms with E-state index in [4.69, 9.17) is 0 Å². The molecule has 2 atom stereocenters. The van der Waals surface area contributed by atoms with Crippen LogP contribution in [0.15, 0.2) is 65.6 Å². The van der Waals surface area contributed by atoms with Crippen molar-refractivity contribution in [1.29, 1.82) is 0 Å². The molecule has 8 heteroatoms. The van der Waals surface area contributed by atoms with Crippen molar-refractivity contribution < 1.29 is 23.7 Å². The Hall–Kier alpha value is -3.00. The van der Waals surface area contributed by atoms with E-state index in [2.05, 4.69) is 10.6 Å². The number of carbonyl (C=O) groups is 3. The Morgan fingerprint density at radius 2 is 1.56 bits per heavy atom. The van der Waals surface area contributed by atoms with E-state index in [0.29, 0.717) is 10.5 Å². The smallest absolute Gasteiger partial charge is 0.326 e. The van der Waals surface area contributed by atoms with E-state index in [0.717, 1.165) is 0 Å². The molecule has 2 amide bonds. The summed E-state index contributed by atoms with van der Waals surface area (Å²) in [6.07, 6.45) is 0.00914. The van der Waals surface area contributed by atoms with Gasteiger partial charge in [-0.05, 0) is 30.7 Å². The predicted molar refractivity (Wildman–Crippen MR) is 101 cm³/mol. The van der Waals surface area contributed by atoms with Crippen molar-refractivity contribution in [2.45, 2.75) is 17.4 Å². The summed E-state index contributed by atoms with van der Waals surface area (Å²) in [6, 6.07) is 15.9. The summed E-state index contributed by atoms with van der Waals surface area (Å²) in [7, 11) is -1.36. The first-order valence-electron chi connectivity index (χ1n) is 8.26. The minimum Gasteiger partial charge on any atom is -0.480 e. The molecule has 0 unspecified atom stereocenters. The highest BCUT2D eigenvalue weighted by atomic mass is 32.2. The topological polar surface area (TPSA) is 113 Å². The van der Waals surface area contributed by atoms with Crippen molar-refractivity contribution in [1.82, 2.24) is 10.6 Å². The van der Waals surface area contributed by atoms with Crippen LogP contribution in [0.3, 0.4) is 0 Å². The largest absolute Gasteiger partial charge is 0.480 e. The molecule has 0 heterocycles. The zero-order chi connectivity index (χ0) is 19.6. The van der Waals surface area contributed by atoms with Crippen LogP contribution >= 0.6 is 0 Å². The molecule has 2 aromatic rings. The van der Waals surface area contributed by atoms with Crippen molar-refractivity contribution in [3.05, 3.63) is 66.2 Å². The number of carbonyl (C=O) groups excluding carboxylic acids is 2. The Morgan fingerprint density at radius 3 is 2.15 bits per heavy atom. The van der Waals surface area contributed by atoms with Gasteiger partial charge in [0.15, 0.2) is 0 Å². The molecule has 142 valence electrons. The first kappa shape index (κ1) is 20.3. The minimum atomic E-state index is -1.36. The molecular formula is C19H20N2O5S. The molecule has 0 aliphatic rings. The van der Waals surface area contributed by atoms with Gasteiger partial charge in [0, 0.05) is 16.2 Å². The zero-order valence-corrected chi connectivity index (χ0v) is 15.3. The Kier molecular flexibility index (Phi) is 7.69. The quantitative estimate of drug-likeness (QED) is 0.597. The highest BCUT2D eigenvalue weighted by molar-refractivity contribution is 7.85. The number of hydrogen-bond donors (Lipinski definition) is 3. The summed E-state index contributed by atoms with van der Waals surface area (Å²) in [5.74, 6) is -2.18. The van der Waals surface area contributed by atoms with Gasteiger partial charge in [0.25, 0.3) is 5.91 Å². The Morgan fingerprint density at radius 1 is 0.963 bits per heavy atom. The lowest BCUT2D eigenvalue weighted by Crippen LogP contribution is -2.46. The standard InChI is InChI=1S/C19H20N2O5S/c22-17(13-20-18(23)14-7-3-1-4-8-14)21-16(19(24)25)11-12-27(26)15-9-5-2-6-10-15/h1-10,16H,11-13H2,(H,20,23)(H,21,22)(H,24,25)/t16-,27+/m0/s1. The summed E-state index contributed by atoms with van der Waals surface area (Å²) in [5.41, 5.74) is 0.401. The average Bonchev–Trinajstić information content (AvgIpc) is 2.70. The fourth-order valence-corrected chi connectivity index (χ4v) is 3.42. The van der Waals surface area contributed by atoms with E-state index >= 15 is 0 Å². The van der Waals surface area contributed by atoms with E-state index in [1.165, 1.54) is 0 Å². The van der Waals surface area contributed by atoms with Crippen molar-refractivity contribution >= 4 is 28.6 Å². The maximum absolute atomic E-state index is 12.2. The van der Waals surface area contributed by atoms with E-state index in [-0.39, 0.29) is 18.7 Å². The van der Waals surface area contributed by atoms with Crippen molar-refractivity contribution in [2.24, 2.45) is 0 Å². The van der Waals surface area contributed by atoms with Gasteiger partial charge in [-0.2, -0.15) is 0 Å². The van der Waals surface area contributed by atoms with Crippen LogP contribution in [0.5, 0.6) is 0 Å². The number of nitrogens with one attached hydrogen (secondary N) is 2. The zero-order valence-electron chi connectivity index (χ0n) is 14.5. The van der Waals surface area contributed by atoms with E-state index < -0.39 is 34.6 Å². The lowest BCUT2D eigenvalue weighted by molar-refractivity contribution is -0.141. The first-order valence-corrected chi connectivity index (χ1v) is 9.58. The normalized spacial score (nSPS) is 12.6. The second-order valence-electron chi connectivity index (χ2n) is 5.66. The van der Waals surface area contributed by atoms with Crippen molar-refractivity contribution in [3.63, 3.8) is 0 Å². The molecule has 0 fully saturated rings. The van der Waals surface area contributed by atoms with Gasteiger partial charge in [-0.25, -0.2) is 4.79 Å². The monoisotopic (exact) mass is 388 g/mol. The molecule has 0 bridgehead atoms. The molecule has 0 aromatic heterocycles. The van der Waals surface area contributed by atoms with E-state index in [1.54, 1.807) is 60.7 Å². The number of aliphatic carboxylic acids is 1. The molecular weight excluding hydrogens is 368 g/mol. The molecule has 0 saturated carbocycles. The number of rotatable bonds is 9. The van der Waals surface area contributed by atoms with Crippen LogP contribution in [0, 0.1) is 0 Å². The highest BCUT2D eigenvalue weighted by Crippen LogP contribution is 2.08. The van der Waals surface area contributed by atoms with Gasteiger partial charge in [0.2, 0.25) is 5.91 Å². The summed E-state index contributed by atoms with van der Waals surface area (Å²) in [5, 5.41) is 14.0. The molecule has 3 N–H and O–H groups in total. The molecule has 0 aliphatic heterocycles. The van der Waals surface area contributed by atoms with Crippen LogP contribution in [0.1, 0.15) is 16.8 Å². The third kappa shape index (κ3) is 6.67. The summed E-state index contributed by atoms with van der Waals surface area (Å²) < 4.78 is 12.2. The Bertz CT molecular complexity index is 811. The van der Waals surface area contributed by atoms with Gasteiger partial charge < -0.3 is 15.7 Å². The van der Waals surface area contributed by atoms with Crippen molar-refractivity contribution in [2.75, 3.05) is 12.3 Å². The molecule has 0 spiro atoms. The maximum atomic E-state index is 12.2. The molecule has 7 nitrogen and oxygen atoms in total. The maximum Gasteiger partial charge on any atom is 0.326 e. The number of benzene rings is 2. The van der Waals surface area contributed by atoms with Crippen LogP contribution < -0.4 is 10.6 Å². The van der Waals surface area contributed by atoms with E-state index in [9.17, 15) is 23.7 Å². The lowest BCUT2D eigenvalue weighted by Gasteiger charge is -2.14. The summed E-state index contributed by atoms with van der Waals surface area (Å²) in [6.45, 7) is -0.348. The number of carboxylic acid groups (broad SMARTS) is 1. The molecule has 0 aliphatic carbocycles. The molecule has 2 aromatic carbocycles. The number of amides is 2. The van der Waals surface area contributed by atoms with Gasteiger partial charge in [-0.3, -0.25) is 13.8 Å². The molecule has 27 heavy (non-hydrogen) atoms. The third-order valence-electron chi connectivity index (χ3n) is 3.68. The molecule has 0 saturated heterocycles. The Balaban J connectivity index is 1.82. The molecule has 2 rings (SSSR count). The summed E-state index contributed by atoms with van der Waals surface area (Å²) >= 11 is 0. The second kappa shape index (κ2) is 10.2. The number of carboxylic acids is 1. The molecule has 0 radical (unpaired) electrons. The van der Waals surface area contributed by atoms with Crippen LogP contribution in [-0.4, -0.2) is 45.4 Å². The first-order chi connectivity index (χ1) is 13.0. The fourth-order valence-electron chi connectivity index (χ4n) is 2.27. The summed E-state index contributed by atoms with van der Waals surface area (Å²) in [4.78, 5) is 35.8. The van der Waals surface area contributed by atoms with Gasteiger partial charge in [-0.15, -0.1) is 0 Å². The second-order valence-corrected chi connectivity index (χ2v) is 7.23. The van der Waals surface area contributed by atoms with Gasteiger partial charge in [-0.1, -0.05) is 36.4 Å². The van der Waals surface area contributed by atoms with Crippen LogP contribution in [0.4, 0.5) is 0 Å². The Labute approximate surface area is 159 Å². The van der Waals surface area contributed by atoms with Crippen LogP contribution in [0.25, 0.3) is 0 Å². The average molecular weight is 388 g/mol. The van der Waals surface area contributed by atoms with Gasteiger partial charge in [0.05, 0.1) is 17.3 Å². The van der Waals surface area contributed by atoms with Gasteiger partial charge >= 0.3 is 5.97 Å². The SMILES string of the molecule is O=C(CNC(=O)c1ccccc1)N[C@@H](CC[S@@](=O)c1ccccc1)C(=O)O. The predicted octanol–water partition coefficient (Wildman–Crippen LogP) is 1.18. The van der Waals surface area contributed by atoms with Crippen LogP contribution in [0.2, 0.25) is 0 Å². The third-order valence-corrected chi connectivity index (χ3v) is 5.08. The van der Waals surface area contributed by atoms with Crippen LogP contribution in [-0.2, 0) is 20.4 Å². The minimum absolute atomic E-state index is 0.00914. The van der Waals surface area contributed by atoms with Crippen molar-refractivity contribution in [3.8, 4) is 0 Å². The van der Waals surface area contributed by atoms with E-state index in [1.807, 2.05) is 0 Å². The van der Waals surface area contributed by atoms with Gasteiger partial charge in [0.1, 0.15) is 6.04 Å². The lowest BCUT2D eigenvalue weighted by atomic mass is 10.2. The highest BCUT2D eigenvalue weighted by Gasteiger charge is 2.21. The number of hydrogen-bond acceptors (Lipinski definition) is 4. The fraction of sp³-hybridized carbons (Fsp3) is 0.211.